The summed E-state index contributed by atoms with van der Waals surface area (Å²) >= 11 is 0. The number of nitrogens with one attached hydrogen (secondary N) is 1. The molecule has 0 spiro atoms. The van der Waals surface area contributed by atoms with E-state index in [1.54, 1.807) is 47.0 Å². The van der Waals surface area contributed by atoms with Crippen molar-refractivity contribution in [3.8, 4) is 0 Å². The molecule has 5 aromatic rings. The average Bonchev–Trinajstić information content (AvgIpc) is 3.38. The SMILES string of the molecule is CC(C)(C)OC(=O)n1c(CN(Cc2cccc(S(=O)(=O)Nc3ccccc3)c2)C2CCCc3cccnc32)nc2ccccc21. The minimum atomic E-state index is -3.82. The fourth-order valence-corrected chi connectivity index (χ4v) is 6.99. The zero-order chi connectivity index (χ0) is 31.6. The summed E-state index contributed by atoms with van der Waals surface area (Å²) in [5, 5.41) is 0. The Hall–Kier alpha value is -4.54. The molecule has 1 N–H and O–H groups in total. The van der Waals surface area contributed by atoms with Crippen molar-refractivity contribution in [3.05, 3.63) is 120 Å². The van der Waals surface area contributed by atoms with Crippen LogP contribution in [0.15, 0.2) is 102 Å². The van der Waals surface area contributed by atoms with E-state index in [0.717, 1.165) is 30.5 Å². The van der Waals surface area contributed by atoms with Crippen LogP contribution in [0, 0.1) is 0 Å². The summed E-state index contributed by atoms with van der Waals surface area (Å²) in [6, 6.07) is 27.4. The minimum Gasteiger partial charge on any atom is -0.443 e. The molecule has 10 heteroatoms. The van der Waals surface area contributed by atoms with Crippen molar-refractivity contribution in [2.45, 2.75) is 69.7 Å². The highest BCUT2D eigenvalue weighted by atomic mass is 32.2. The Morgan fingerprint density at radius 3 is 2.56 bits per heavy atom. The van der Waals surface area contributed by atoms with E-state index in [-0.39, 0.29) is 10.9 Å². The Morgan fingerprint density at radius 1 is 0.978 bits per heavy atom. The van der Waals surface area contributed by atoms with Crippen molar-refractivity contribution in [2.75, 3.05) is 4.72 Å². The molecule has 0 amide bonds. The summed E-state index contributed by atoms with van der Waals surface area (Å²) in [6.07, 6.45) is 4.12. The number of imidazole rings is 1. The van der Waals surface area contributed by atoms with Crippen LogP contribution < -0.4 is 4.72 Å². The minimum absolute atomic E-state index is 0.0652. The average molecular weight is 624 g/mol. The maximum Gasteiger partial charge on any atom is 0.420 e. The Kier molecular flexibility index (Phi) is 8.44. The number of rotatable bonds is 8. The van der Waals surface area contributed by atoms with Crippen molar-refractivity contribution in [2.24, 2.45) is 0 Å². The lowest BCUT2D eigenvalue weighted by Gasteiger charge is -2.35. The number of fused-ring (bicyclic) bond motifs is 2. The van der Waals surface area contributed by atoms with Crippen LogP contribution >= 0.6 is 0 Å². The Bertz CT molecular complexity index is 1930. The number of aryl methyl sites for hydroxylation is 1. The second-order valence-electron chi connectivity index (χ2n) is 12.3. The molecule has 0 bridgehead atoms. The maximum atomic E-state index is 13.6. The number of hydrogen-bond donors (Lipinski definition) is 1. The van der Waals surface area contributed by atoms with Crippen LogP contribution in [0.3, 0.4) is 0 Å². The van der Waals surface area contributed by atoms with E-state index in [2.05, 4.69) is 15.7 Å². The van der Waals surface area contributed by atoms with Gasteiger partial charge in [-0.15, -0.1) is 0 Å². The molecule has 2 heterocycles. The smallest absolute Gasteiger partial charge is 0.420 e. The van der Waals surface area contributed by atoms with Crippen LogP contribution in [0.4, 0.5) is 10.5 Å². The molecule has 1 aliphatic rings. The highest BCUT2D eigenvalue weighted by Gasteiger charge is 2.31. The second-order valence-corrected chi connectivity index (χ2v) is 14.0. The Labute approximate surface area is 263 Å². The van der Waals surface area contributed by atoms with E-state index in [0.29, 0.717) is 35.6 Å². The standard InChI is InChI=1S/C35H37N5O4S/c1-35(2,3)44-34(41)40-30-19-8-7-18-29(30)37-32(40)24-39(31-20-10-13-26-14-11-21-36-33(26)31)23-25-12-9-17-28(22-25)45(42,43)38-27-15-5-4-6-16-27/h4-9,11-12,14-19,21-22,31,38H,10,13,20,23-24H2,1-3H3. The van der Waals surface area contributed by atoms with Gasteiger partial charge < -0.3 is 4.74 Å². The van der Waals surface area contributed by atoms with E-state index >= 15 is 0 Å². The van der Waals surface area contributed by atoms with Crippen molar-refractivity contribution in [1.82, 2.24) is 19.4 Å². The summed E-state index contributed by atoms with van der Waals surface area (Å²) in [7, 11) is -3.82. The second kappa shape index (κ2) is 12.5. The molecule has 1 unspecified atom stereocenters. The number of para-hydroxylation sites is 3. The first-order valence-corrected chi connectivity index (χ1v) is 16.6. The number of benzene rings is 3. The Balaban J connectivity index is 1.39. The molecule has 0 fully saturated rings. The number of ether oxygens (including phenoxy) is 1. The molecule has 6 rings (SSSR count). The summed E-state index contributed by atoms with van der Waals surface area (Å²) in [4.78, 5) is 25.7. The first-order valence-electron chi connectivity index (χ1n) is 15.1. The fourth-order valence-electron chi connectivity index (χ4n) is 5.86. The van der Waals surface area contributed by atoms with Crippen molar-refractivity contribution >= 4 is 32.8 Å². The number of pyridine rings is 1. The van der Waals surface area contributed by atoms with Gasteiger partial charge in [0.2, 0.25) is 0 Å². The molecule has 45 heavy (non-hydrogen) atoms. The van der Waals surface area contributed by atoms with Crippen LogP contribution in [0.2, 0.25) is 0 Å². The molecule has 0 saturated carbocycles. The van der Waals surface area contributed by atoms with Crippen LogP contribution in [0.25, 0.3) is 11.0 Å². The predicted octanol–water partition coefficient (Wildman–Crippen LogP) is 7.10. The van der Waals surface area contributed by atoms with Gasteiger partial charge in [-0.3, -0.25) is 14.6 Å². The fraction of sp³-hybridized carbons (Fsp3) is 0.286. The van der Waals surface area contributed by atoms with E-state index in [1.807, 2.05) is 69.4 Å². The van der Waals surface area contributed by atoms with Crippen LogP contribution in [0.1, 0.15) is 62.3 Å². The van der Waals surface area contributed by atoms with Gasteiger partial charge in [0.15, 0.2) is 0 Å². The molecule has 1 aliphatic carbocycles. The molecule has 3 aromatic carbocycles. The predicted molar refractivity (Wildman–Crippen MR) is 174 cm³/mol. The highest BCUT2D eigenvalue weighted by Crippen LogP contribution is 2.35. The van der Waals surface area contributed by atoms with Gasteiger partial charge in [-0.05, 0) is 93.6 Å². The molecular formula is C35H37N5O4S. The van der Waals surface area contributed by atoms with E-state index in [9.17, 15) is 13.2 Å². The van der Waals surface area contributed by atoms with Gasteiger partial charge in [-0.2, -0.15) is 0 Å². The number of anilines is 1. The van der Waals surface area contributed by atoms with E-state index in [4.69, 9.17) is 14.7 Å². The van der Waals surface area contributed by atoms with Crippen LogP contribution in [-0.4, -0.2) is 39.5 Å². The van der Waals surface area contributed by atoms with Crippen molar-refractivity contribution in [1.29, 1.82) is 0 Å². The normalized spacial score (nSPS) is 15.2. The van der Waals surface area contributed by atoms with Crippen molar-refractivity contribution in [3.63, 3.8) is 0 Å². The van der Waals surface area contributed by atoms with Gasteiger partial charge in [-0.25, -0.2) is 22.8 Å². The Morgan fingerprint density at radius 2 is 1.76 bits per heavy atom. The molecule has 0 radical (unpaired) electrons. The number of aromatic nitrogens is 3. The number of hydrogen-bond acceptors (Lipinski definition) is 7. The van der Waals surface area contributed by atoms with E-state index in [1.165, 1.54) is 5.56 Å². The number of sulfonamides is 1. The monoisotopic (exact) mass is 623 g/mol. The largest absolute Gasteiger partial charge is 0.443 e. The molecule has 2 aromatic heterocycles. The molecule has 1 atom stereocenters. The quantitative estimate of drug-likeness (QED) is 0.197. The molecule has 232 valence electrons. The topological polar surface area (TPSA) is 106 Å². The van der Waals surface area contributed by atoms with Crippen LogP contribution in [-0.2, 0) is 34.3 Å². The lowest BCUT2D eigenvalue weighted by molar-refractivity contribution is 0.0530. The number of nitrogens with zero attached hydrogens (tertiary/aromatic N) is 4. The lowest BCUT2D eigenvalue weighted by Crippen LogP contribution is -2.34. The number of carbonyl (C=O) groups is 1. The van der Waals surface area contributed by atoms with E-state index < -0.39 is 21.7 Å². The van der Waals surface area contributed by atoms with Crippen molar-refractivity contribution < 1.29 is 17.9 Å². The van der Waals surface area contributed by atoms with Crippen LogP contribution in [0.5, 0.6) is 0 Å². The first-order chi connectivity index (χ1) is 21.6. The third-order valence-electron chi connectivity index (χ3n) is 7.78. The molecular weight excluding hydrogens is 586 g/mol. The van der Waals surface area contributed by atoms with Gasteiger partial charge in [-0.1, -0.05) is 48.5 Å². The van der Waals surface area contributed by atoms with Gasteiger partial charge in [0.05, 0.1) is 34.2 Å². The molecule has 0 saturated heterocycles. The van der Waals surface area contributed by atoms with Gasteiger partial charge in [0.1, 0.15) is 11.4 Å². The zero-order valence-electron chi connectivity index (χ0n) is 25.7. The number of carbonyl (C=O) groups excluding carboxylic acids is 1. The summed E-state index contributed by atoms with van der Waals surface area (Å²) in [5.74, 6) is 0.544. The summed E-state index contributed by atoms with van der Waals surface area (Å²) in [6.45, 7) is 6.25. The highest BCUT2D eigenvalue weighted by molar-refractivity contribution is 7.92. The zero-order valence-corrected chi connectivity index (χ0v) is 26.5. The third-order valence-corrected chi connectivity index (χ3v) is 9.16. The molecule has 0 aliphatic heterocycles. The third kappa shape index (κ3) is 6.92. The summed E-state index contributed by atoms with van der Waals surface area (Å²) in [5.41, 5.74) is 4.18. The first kappa shape index (κ1) is 30.5. The summed E-state index contributed by atoms with van der Waals surface area (Å²) < 4.78 is 36.7. The van der Waals surface area contributed by atoms with Gasteiger partial charge in [0, 0.05) is 18.4 Å². The lowest BCUT2D eigenvalue weighted by atomic mass is 9.90. The maximum absolute atomic E-state index is 13.6. The molecule has 9 nitrogen and oxygen atoms in total. The van der Waals surface area contributed by atoms with Gasteiger partial charge in [0.25, 0.3) is 10.0 Å². The van der Waals surface area contributed by atoms with Gasteiger partial charge >= 0.3 is 6.09 Å².